The largest absolute Gasteiger partial charge is 0.508 e. The molecule has 0 unspecified atom stereocenters. The van der Waals surface area contributed by atoms with Gasteiger partial charge in [0.25, 0.3) is 5.91 Å². The van der Waals surface area contributed by atoms with Gasteiger partial charge in [-0.15, -0.1) is 0 Å². The molecule has 1 aliphatic heterocycles. The molecule has 0 bridgehead atoms. The summed E-state index contributed by atoms with van der Waals surface area (Å²) in [5, 5.41) is 12.5. The van der Waals surface area contributed by atoms with Crippen molar-refractivity contribution in [2.45, 2.75) is 0 Å². The van der Waals surface area contributed by atoms with E-state index >= 15 is 0 Å². The van der Waals surface area contributed by atoms with Crippen molar-refractivity contribution in [2.75, 3.05) is 0 Å². The molecule has 2 aromatic carbocycles. The van der Waals surface area contributed by atoms with Crippen LogP contribution >= 0.6 is 27.7 Å². The van der Waals surface area contributed by atoms with Gasteiger partial charge in [-0.3, -0.25) is 4.79 Å². The highest BCUT2D eigenvalue weighted by molar-refractivity contribution is 9.10. The summed E-state index contributed by atoms with van der Waals surface area (Å²) >= 11 is 4.67. The Labute approximate surface area is 140 Å². The van der Waals surface area contributed by atoms with Crippen LogP contribution in [0.15, 0.2) is 62.9 Å². The molecule has 110 valence electrons. The molecular formula is C16H11BrN2O2S. The van der Waals surface area contributed by atoms with E-state index in [9.17, 15) is 9.90 Å². The number of carbonyl (C=O) groups excluding carboxylic acids is 1. The smallest absolute Gasteiger partial charge is 0.264 e. The van der Waals surface area contributed by atoms with Crippen molar-refractivity contribution in [3.63, 3.8) is 0 Å². The molecule has 1 amide bonds. The second-order valence-electron chi connectivity index (χ2n) is 4.55. The van der Waals surface area contributed by atoms with Gasteiger partial charge in [-0.05, 0) is 59.8 Å². The molecule has 1 fully saturated rings. The summed E-state index contributed by atoms with van der Waals surface area (Å²) in [6, 6.07) is 14.2. The number of amides is 1. The van der Waals surface area contributed by atoms with Crippen LogP contribution < -0.4 is 5.32 Å². The minimum atomic E-state index is -0.162. The summed E-state index contributed by atoms with van der Waals surface area (Å²) in [6.07, 6.45) is 1.83. The van der Waals surface area contributed by atoms with E-state index in [4.69, 9.17) is 0 Å². The van der Waals surface area contributed by atoms with Crippen LogP contribution in [-0.4, -0.2) is 16.2 Å². The molecule has 0 atom stereocenters. The number of halogens is 1. The molecule has 1 heterocycles. The highest BCUT2D eigenvalue weighted by atomic mass is 79.9. The van der Waals surface area contributed by atoms with Gasteiger partial charge in [0, 0.05) is 4.47 Å². The van der Waals surface area contributed by atoms with Crippen LogP contribution in [-0.2, 0) is 4.79 Å². The minimum absolute atomic E-state index is 0.162. The fourth-order valence-electron chi connectivity index (χ4n) is 1.84. The summed E-state index contributed by atoms with van der Waals surface area (Å²) in [6.45, 7) is 0. The number of hydrogen-bond donors (Lipinski definition) is 2. The number of hydrogen-bond acceptors (Lipinski definition) is 4. The van der Waals surface area contributed by atoms with Gasteiger partial charge in [-0.1, -0.05) is 28.1 Å². The van der Waals surface area contributed by atoms with Gasteiger partial charge in [-0.2, -0.15) is 0 Å². The molecule has 0 saturated carbocycles. The van der Waals surface area contributed by atoms with Gasteiger partial charge < -0.3 is 10.4 Å². The number of amidine groups is 1. The van der Waals surface area contributed by atoms with E-state index in [-0.39, 0.29) is 11.7 Å². The fraction of sp³-hybridized carbons (Fsp3) is 0. The number of nitrogens with zero attached hydrogens (tertiary/aromatic N) is 1. The van der Waals surface area contributed by atoms with Crippen molar-refractivity contribution in [1.82, 2.24) is 5.32 Å². The molecule has 0 spiro atoms. The van der Waals surface area contributed by atoms with Crippen LogP contribution in [0.1, 0.15) is 5.56 Å². The second-order valence-corrected chi connectivity index (χ2v) is 6.50. The Bertz CT molecular complexity index is 768. The number of thioether (sulfide) groups is 1. The molecule has 4 nitrogen and oxygen atoms in total. The summed E-state index contributed by atoms with van der Waals surface area (Å²) in [4.78, 5) is 16.9. The summed E-state index contributed by atoms with van der Waals surface area (Å²) in [7, 11) is 0. The molecule has 1 aliphatic rings. The first-order chi connectivity index (χ1) is 10.6. The van der Waals surface area contributed by atoms with Crippen molar-refractivity contribution in [1.29, 1.82) is 0 Å². The lowest BCUT2D eigenvalue weighted by Gasteiger charge is -1.96. The maximum Gasteiger partial charge on any atom is 0.264 e. The molecule has 0 aliphatic carbocycles. The monoisotopic (exact) mass is 374 g/mol. The quantitative estimate of drug-likeness (QED) is 0.779. The number of carbonyl (C=O) groups is 1. The first kappa shape index (κ1) is 14.9. The van der Waals surface area contributed by atoms with Crippen LogP contribution in [0.5, 0.6) is 5.75 Å². The van der Waals surface area contributed by atoms with E-state index in [1.54, 1.807) is 24.3 Å². The van der Waals surface area contributed by atoms with Crippen molar-refractivity contribution in [3.8, 4) is 5.75 Å². The first-order valence-corrected chi connectivity index (χ1v) is 8.05. The first-order valence-electron chi connectivity index (χ1n) is 6.44. The molecule has 0 aromatic heterocycles. The van der Waals surface area contributed by atoms with Gasteiger partial charge >= 0.3 is 0 Å². The van der Waals surface area contributed by atoms with E-state index in [2.05, 4.69) is 26.2 Å². The summed E-state index contributed by atoms with van der Waals surface area (Å²) in [5.41, 5.74) is 1.62. The van der Waals surface area contributed by atoms with Gasteiger partial charge in [-0.25, -0.2) is 4.99 Å². The topological polar surface area (TPSA) is 61.7 Å². The van der Waals surface area contributed by atoms with Crippen molar-refractivity contribution >= 4 is 50.5 Å². The van der Waals surface area contributed by atoms with E-state index in [1.807, 2.05) is 30.3 Å². The molecule has 1 saturated heterocycles. The number of benzene rings is 2. The van der Waals surface area contributed by atoms with Gasteiger partial charge in [0.2, 0.25) is 0 Å². The van der Waals surface area contributed by atoms with Crippen molar-refractivity contribution in [3.05, 3.63) is 63.5 Å². The predicted molar refractivity (Wildman–Crippen MR) is 93.1 cm³/mol. The summed E-state index contributed by atoms with van der Waals surface area (Å²) in [5.74, 6) is 0.0216. The summed E-state index contributed by atoms with van der Waals surface area (Å²) < 4.78 is 0.993. The third-order valence-electron chi connectivity index (χ3n) is 2.90. The Morgan fingerprint density at radius 2 is 1.77 bits per heavy atom. The maximum atomic E-state index is 12.0. The number of aliphatic imine (C=N–C) groups is 1. The molecule has 6 heteroatoms. The van der Waals surface area contributed by atoms with E-state index in [0.29, 0.717) is 15.8 Å². The van der Waals surface area contributed by atoms with E-state index < -0.39 is 0 Å². The average Bonchev–Trinajstić information content (AvgIpc) is 2.84. The second kappa shape index (κ2) is 6.37. The van der Waals surface area contributed by atoms with Crippen LogP contribution in [0, 0.1) is 0 Å². The van der Waals surface area contributed by atoms with Gasteiger partial charge in [0.05, 0.1) is 10.6 Å². The van der Waals surface area contributed by atoms with Crippen LogP contribution in [0.4, 0.5) is 5.69 Å². The third-order valence-corrected chi connectivity index (χ3v) is 4.34. The van der Waals surface area contributed by atoms with Crippen LogP contribution in [0.3, 0.4) is 0 Å². The minimum Gasteiger partial charge on any atom is -0.508 e. The van der Waals surface area contributed by atoms with E-state index in [0.717, 1.165) is 10.0 Å². The Kier molecular flexibility index (Phi) is 4.31. The number of phenols is 1. The zero-order valence-electron chi connectivity index (χ0n) is 11.3. The number of aromatic hydroxyl groups is 1. The normalized spacial score (nSPS) is 18.0. The van der Waals surface area contributed by atoms with Crippen LogP contribution in [0.2, 0.25) is 0 Å². The molecule has 2 aromatic rings. The number of nitrogens with one attached hydrogen (secondary N) is 1. The molecule has 22 heavy (non-hydrogen) atoms. The SMILES string of the molecule is O=C1NC(=Nc2ccc(O)cc2)SC1=Cc1ccc(Br)cc1. The number of rotatable bonds is 2. The van der Waals surface area contributed by atoms with E-state index in [1.165, 1.54) is 11.8 Å². The Hall–Kier alpha value is -2.05. The van der Waals surface area contributed by atoms with Gasteiger partial charge in [0.1, 0.15) is 5.75 Å². The number of phenolic OH excluding ortho intramolecular Hbond substituents is 1. The molecule has 0 radical (unpaired) electrons. The predicted octanol–water partition coefficient (Wildman–Crippen LogP) is 4.05. The van der Waals surface area contributed by atoms with Crippen molar-refractivity contribution in [2.24, 2.45) is 4.99 Å². The maximum absolute atomic E-state index is 12.0. The fourth-order valence-corrected chi connectivity index (χ4v) is 2.94. The third kappa shape index (κ3) is 3.58. The molecular weight excluding hydrogens is 364 g/mol. The van der Waals surface area contributed by atoms with Gasteiger partial charge in [0.15, 0.2) is 5.17 Å². The molecule has 3 rings (SSSR count). The Morgan fingerprint density at radius 3 is 2.45 bits per heavy atom. The lowest BCUT2D eigenvalue weighted by atomic mass is 10.2. The Morgan fingerprint density at radius 1 is 1.09 bits per heavy atom. The lowest BCUT2D eigenvalue weighted by molar-refractivity contribution is -0.115. The average molecular weight is 375 g/mol. The highest BCUT2D eigenvalue weighted by Gasteiger charge is 2.23. The zero-order valence-corrected chi connectivity index (χ0v) is 13.7. The highest BCUT2D eigenvalue weighted by Crippen LogP contribution is 2.28. The standard InChI is InChI=1S/C16H11BrN2O2S/c17-11-3-1-10(2-4-11)9-14-15(21)19-16(22-14)18-12-5-7-13(20)8-6-12/h1-9,20H,(H,18,19,21). The Balaban J connectivity index is 1.80. The van der Waals surface area contributed by atoms with Crippen LogP contribution in [0.25, 0.3) is 6.08 Å². The lowest BCUT2D eigenvalue weighted by Crippen LogP contribution is -2.19. The molecule has 2 N–H and O–H groups in total. The zero-order chi connectivity index (χ0) is 15.5. The van der Waals surface area contributed by atoms with Crippen molar-refractivity contribution < 1.29 is 9.90 Å².